The van der Waals surface area contributed by atoms with Crippen molar-refractivity contribution >= 4 is 5.57 Å². The van der Waals surface area contributed by atoms with Crippen LogP contribution >= 0.6 is 0 Å². The van der Waals surface area contributed by atoms with Crippen molar-refractivity contribution in [3.05, 3.63) is 41.5 Å². The number of allylic oxidation sites excluding steroid dienone is 1. The van der Waals surface area contributed by atoms with Crippen LogP contribution in [0.1, 0.15) is 50.7 Å². The molecule has 0 spiro atoms. The molecule has 0 saturated heterocycles. The van der Waals surface area contributed by atoms with E-state index >= 15 is 0 Å². The van der Waals surface area contributed by atoms with Crippen molar-refractivity contribution in [1.29, 1.82) is 0 Å². The van der Waals surface area contributed by atoms with Gasteiger partial charge in [0.2, 0.25) is 0 Å². The molecule has 0 unspecified atom stereocenters. The van der Waals surface area contributed by atoms with E-state index in [-0.39, 0.29) is 0 Å². The molecule has 1 aromatic carbocycles. The molecule has 1 aliphatic carbocycles. The van der Waals surface area contributed by atoms with Gasteiger partial charge in [-0.05, 0) is 55.9 Å². The van der Waals surface area contributed by atoms with E-state index in [1.54, 1.807) is 0 Å². The van der Waals surface area contributed by atoms with Crippen LogP contribution < -0.4 is 5.32 Å². The molecule has 1 aromatic rings. The minimum Gasteiger partial charge on any atom is -0.314 e. The van der Waals surface area contributed by atoms with Crippen molar-refractivity contribution < 1.29 is 0 Å². The molecule has 0 radical (unpaired) electrons. The minimum atomic E-state index is 0.826. The number of hydrogen-bond donors (Lipinski definition) is 1. The first-order valence-corrected chi connectivity index (χ1v) is 7.29. The molecule has 98 valence electrons. The van der Waals surface area contributed by atoms with E-state index in [0.717, 1.165) is 19.0 Å². The molecule has 0 aromatic heterocycles. The molecule has 2 rings (SSSR count). The number of aryl methyl sites for hydroxylation is 1. The predicted octanol–water partition coefficient (Wildman–Crippen LogP) is 4.18. The van der Waals surface area contributed by atoms with E-state index in [0.29, 0.717) is 0 Å². The van der Waals surface area contributed by atoms with Gasteiger partial charge in [-0.25, -0.2) is 0 Å². The first kappa shape index (κ1) is 13.4. The van der Waals surface area contributed by atoms with Gasteiger partial charge in [-0.15, -0.1) is 0 Å². The van der Waals surface area contributed by atoms with Gasteiger partial charge in [0.25, 0.3) is 0 Å². The van der Waals surface area contributed by atoms with E-state index < -0.39 is 0 Å². The molecule has 0 heterocycles. The average molecular weight is 243 g/mol. The van der Waals surface area contributed by atoms with Gasteiger partial charge >= 0.3 is 0 Å². The zero-order chi connectivity index (χ0) is 12.8. The summed E-state index contributed by atoms with van der Waals surface area (Å²) in [5, 5.41) is 3.55. The largest absolute Gasteiger partial charge is 0.314 e. The van der Waals surface area contributed by atoms with Crippen molar-refractivity contribution in [2.45, 2.75) is 52.0 Å². The second-order valence-corrected chi connectivity index (χ2v) is 5.35. The van der Waals surface area contributed by atoms with Gasteiger partial charge in [-0.2, -0.15) is 0 Å². The van der Waals surface area contributed by atoms with Gasteiger partial charge in [-0.3, -0.25) is 0 Å². The highest BCUT2D eigenvalue weighted by Gasteiger charge is 2.19. The second-order valence-electron chi connectivity index (χ2n) is 5.35. The predicted molar refractivity (Wildman–Crippen MR) is 79.7 cm³/mol. The maximum atomic E-state index is 3.55. The Bertz CT molecular complexity index is 402. The Morgan fingerprint density at radius 1 is 1.39 bits per heavy atom. The summed E-state index contributed by atoms with van der Waals surface area (Å²) in [7, 11) is 0. The molecule has 1 nitrogen and oxygen atoms in total. The fourth-order valence-electron chi connectivity index (χ4n) is 2.24. The van der Waals surface area contributed by atoms with Crippen molar-refractivity contribution in [3.63, 3.8) is 0 Å². The van der Waals surface area contributed by atoms with E-state index in [1.165, 1.54) is 42.4 Å². The van der Waals surface area contributed by atoms with Crippen LogP contribution in [-0.2, 0) is 6.42 Å². The lowest BCUT2D eigenvalue weighted by Gasteiger charge is -2.06. The third kappa shape index (κ3) is 4.30. The molecule has 0 amide bonds. The topological polar surface area (TPSA) is 12.0 Å². The van der Waals surface area contributed by atoms with Crippen LogP contribution in [0.2, 0.25) is 0 Å². The third-order valence-electron chi connectivity index (χ3n) is 3.53. The van der Waals surface area contributed by atoms with Crippen molar-refractivity contribution in [2.75, 3.05) is 6.54 Å². The first-order valence-electron chi connectivity index (χ1n) is 7.29. The highest BCUT2D eigenvalue weighted by molar-refractivity contribution is 5.64. The second kappa shape index (κ2) is 6.75. The normalized spacial score (nSPS) is 16.0. The van der Waals surface area contributed by atoms with Crippen LogP contribution in [0.5, 0.6) is 0 Å². The molecule has 1 N–H and O–H groups in total. The van der Waals surface area contributed by atoms with Crippen molar-refractivity contribution in [1.82, 2.24) is 5.32 Å². The maximum Gasteiger partial charge on any atom is 0.00683 e. The summed E-state index contributed by atoms with van der Waals surface area (Å²) in [6, 6.07) is 9.80. The van der Waals surface area contributed by atoms with Crippen LogP contribution in [0.15, 0.2) is 30.3 Å². The Morgan fingerprint density at radius 2 is 2.22 bits per heavy atom. The zero-order valence-corrected chi connectivity index (χ0v) is 11.7. The Hall–Kier alpha value is -1.08. The lowest BCUT2D eigenvalue weighted by Crippen LogP contribution is -2.16. The van der Waals surface area contributed by atoms with Gasteiger partial charge in [0.05, 0.1) is 0 Å². The highest BCUT2D eigenvalue weighted by atomic mass is 14.9. The summed E-state index contributed by atoms with van der Waals surface area (Å²) in [5.74, 6) is 0. The highest BCUT2D eigenvalue weighted by Crippen LogP contribution is 2.19. The smallest absolute Gasteiger partial charge is 0.00683 e. The van der Waals surface area contributed by atoms with E-state index in [9.17, 15) is 0 Å². The molecular weight excluding hydrogens is 218 g/mol. The fraction of sp³-hybridized carbons (Fsp3) is 0.529. The van der Waals surface area contributed by atoms with Crippen LogP contribution in [0.3, 0.4) is 0 Å². The molecule has 1 aliphatic rings. The summed E-state index contributed by atoms with van der Waals surface area (Å²) in [6.45, 7) is 5.58. The third-order valence-corrected chi connectivity index (χ3v) is 3.53. The van der Waals surface area contributed by atoms with Crippen LogP contribution in [0.4, 0.5) is 0 Å². The average Bonchev–Trinajstić information content (AvgIpc) is 3.19. The van der Waals surface area contributed by atoms with Gasteiger partial charge in [0.15, 0.2) is 0 Å². The Labute approximate surface area is 111 Å². The number of hydrogen-bond acceptors (Lipinski definition) is 1. The first-order chi connectivity index (χ1) is 8.79. The molecular formula is C17H25N. The summed E-state index contributed by atoms with van der Waals surface area (Å²) >= 11 is 0. The Morgan fingerprint density at radius 3 is 2.94 bits per heavy atom. The lowest BCUT2D eigenvalue weighted by atomic mass is 10.0. The summed E-state index contributed by atoms with van der Waals surface area (Å²) in [4.78, 5) is 0. The number of nitrogens with one attached hydrogen (secondary N) is 1. The van der Waals surface area contributed by atoms with E-state index in [4.69, 9.17) is 0 Å². The van der Waals surface area contributed by atoms with E-state index in [1.807, 2.05) is 0 Å². The van der Waals surface area contributed by atoms with Crippen molar-refractivity contribution in [2.24, 2.45) is 0 Å². The number of benzene rings is 1. The minimum absolute atomic E-state index is 0.826. The van der Waals surface area contributed by atoms with E-state index in [2.05, 4.69) is 49.5 Å². The Kier molecular flexibility index (Phi) is 5.00. The monoisotopic (exact) mass is 243 g/mol. The Balaban J connectivity index is 1.87. The quantitative estimate of drug-likeness (QED) is 0.708. The van der Waals surface area contributed by atoms with Crippen LogP contribution in [0, 0.1) is 0 Å². The molecule has 18 heavy (non-hydrogen) atoms. The molecule has 1 heteroatoms. The lowest BCUT2D eigenvalue weighted by molar-refractivity contribution is 0.690. The molecule has 0 aliphatic heterocycles. The molecule has 1 saturated carbocycles. The number of rotatable bonds is 7. The maximum absolute atomic E-state index is 3.55. The molecule has 0 atom stereocenters. The summed E-state index contributed by atoms with van der Waals surface area (Å²) in [6.07, 6.45) is 8.66. The summed E-state index contributed by atoms with van der Waals surface area (Å²) in [5.41, 5.74) is 4.25. The zero-order valence-electron chi connectivity index (χ0n) is 11.7. The summed E-state index contributed by atoms with van der Waals surface area (Å²) < 4.78 is 0. The SMILES string of the molecule is CCCc1cccc(/C(C)=C/CCNC2CC2)c1. The van der Waals surface area contributed by atoms with Crippen LogP contribution in [-0.4, -0.2) is 12.6 Å². The fourth-order valence-corrected chi connectivity index (χ4v) is 2.24. The van der Waals surface area contributed by atoms with Crippen molar-refractivity contribution in [3.8, 4) is 0 Å². The van der Waals surface area contributed by atoms with Gasteiger partial charge in [0, 0.05) is 6.04 Å². The molecule has 0 bridgehead atoms. The van der Waals surface area contributed by atoms with Gasteiger partial charge < -0.3 is 5.32 Å². The molecule has 1 fully saturated rings. The van der Waals surface area contributed by atoms with Gasteiger partial charge in [-0.1, -0.05) is 43.7 Å². The van der Waals surface area contributed by atoms with Crippen LogP contribution in [0.25, 0.3) is 5.57 Å². The van der Waals surface area contributed by atoms with Gasteiger partial charge in [0.1, 0.15) is 0 Å². The standard InChI is InChI=1S/C17H25N/c1-3-6-15-8-4-9-16(13-15)14(2)7-5-12-18-17-10-11-17/h4,7-9,13,17-18H,3,5-6,10-12H2,1-2H3/b14-7+.